The van der Waals surface area contributed by atoms with Crippen LogP contribution in [0.15, 0.2) is 24.3 Å². The van der Waals surface area contributed by atoms with Gasteiger partial charge in [-0.3, -0.25) is 4.79 Å². The summed E-state index contributed by atoms with van der Waals surface area (Å²) in [5.74, 6) is 0.610. The quantitative estimate of drug-likeness (QED) is 0.873. The fraction of sp³-hybridized carbons (Fsp3) is 0.438. The van der Waals surface area contributed by atoms with E-state index < -0.39 is 0 Å². The van der Waals surface area contributed by atoms with Gasteiger partial charge in [-0.1, -0.05) is 24.3 Å². The average molecular weight is 301 g/mol. The summed E-state index contributed by atoms with van der Waals surface area (Å²) in [6.07, 6.45) is 0. The molecule has 22 heavy (non-hydrogen) atoms. The van der Waals surface area contributed by atoms with E-state index in [4.69, 9.17) is 0 Å². The minimum Gasteiger partial charge on any atom is -0.358 e. The minimum atomic E-state index is -0.184. The fourth-order valence-corrected chi connectivity index (χ4v) is 2.17. The predicted octanol–water partition coefficient (Wildman–Crippen LogP) is 1.38. The Morgan fingerprint density at radius 3 is 2.45 bits per heavy atom. The van der Waals surface area contributed by atoms with E-state index in [2.05, 4.69) is 22.4 Å². The molecule has 0 fully saturated rings. The van der Waals surface area contributed by atoms with E-state index in [0.717, 1.165) is 29.7 Å². The Hall–Kier alpha value is -2.21. The first kappa shape index (κ1) is 16.2. The van der Waals surface area contributed by atoms with Crippen molar-refractivity contribution in [3.05, 3.63) is 30.0 Å². The van der Waals surface area contributed by atoms with Gasteiger partial charge in [-0.25, -0.2) is 0 Å². The highest BCUT2D eigenvalue weighted by Crippen LogP contribution is 2.24. The first-order valence-electron chi connectivity index (χ1n) is 7.44. The number of fused-ring (bicyclic) bond motifs is 1. The lowest BCUT2D eigenvalue weighted by molar-refractivity contribution is 0.0947. The summed E-state index contributed by atoms with van der Waals surface area (Å²) in [5.41, 5.74) is 0.377. The van der Waals surface area contributed by atoms with Crippen LogP contribution in [0.25, 0.3) is 10.8 Å². The number of carbonyl (C=O) groups excluding carboxylic acids is 1. The molecular formula is C16H23N5O. The molecule has 1 aromatic carbocycles. The highest BCUT2D eigenvalue weighted by Gasteiger charge is 2.16. The van der Waals surface area contributed by atoms with Crippen molar-refractivity contribution < 1.29 is 4.79 Å². The summed E-state index contributed by atoms with van der Waals surface area (Å²) in [6, 6.07) is 7.75. The summed E-state index contributed by atoms with van der Waals surface area (Å²) in [7, 11) is 5.90. The normalized spacial score (nSPS) is 11.0. The third kappa shape index (κ3) is 3.51. The first-order valence-corrected chi connectivity index (χ1v) is 7.44. The van der Waals surface area contributed by atoms with Crippen molar-refractivity contribution >= 4 is 22.5 Å². The van der Waals surface area contributed by atoms with Gasteiger partial charge in [-0.15, -0.1) is 10.2 Å². The summed E-state index contributed by atoms with van der Waals surface area (Å²) < 4.78 is 0. The van der Waals surface area contributed by atoms with Gasteiger partial charge in [0, 0.05) is 37.5 Å². The van der Waals surface area contributed by atoms with Gasteiger partial charge in [-0.05, 0) is 21.0 Å². The Kier molecular flexibility index (Phi) is 5.27. The number of nitrogens with one attached hydrogen (secondary N) is 1. The molecule has 6 nitrogen and oxygen atoms in total. The molecular weight excluding hydrogens is 278 g/mol. The summed E-state index contributed by atoms with van der Waals surface area (Å²) in [6.45, 7) is 4.25. The topological polar surface area (TPSA) is 61.4 Å². The van der Waals surface area contributed by atoms with Crippen LogP contribution in [0.1, 0.15) is 17.4 Å². The number of anilines is 1. The highest BCUT2D eigenvalue weighted by atomic mass is 16.1. The Morgan fingerprint density at radius 1 is 1.14 bits per heavy atom. The third-order valence-corrected chi connectivity index (χ3v) is 3.56. The van der Waals surface area contributed by atoms with Crippen LogP contribution in [0.3, 0.4) is 0 Å². The van der Waals surface area contributed by atoms with E-state index in [1.54, 1.807) is 0 Å². The SMILES string of the molecule is CCN(C)c1nnc(C(=O)NCCN(C)C)c2ccccc12. The molecule has 0 saturated carbocycles. The van der Waals surface area contributed by atoms with Crippen molar-refractivity contribution in [2.75, 3.05) is 45.7 Å². The predicted molar refractivity (Wildman–Crippen MR) is 89.4 cm³/mol. The highest BCUT2D eigenvalue weighted by molar-refractivity contribution is 6.07. The lowest BCUT2D eigenvalue weighted by Gasteiger charge is -2.18. The molecule has 0 bridgehead atoms. The number of benzene rings is 1. The monoisotopic (exact) mass is 301 g/mol. The maximum Gasteiger partial charge on any atom is 0.272 e. The summed E-state index contributed by atoms with van der Waals surface area (Å²) in [4.78, 5) is 16.4. The largest absolute Gasteiger partial charge is 0.358 e. The van der Waals surface area contributed by atoms with Gasteiger partial charge in [0.05, 0.1) is 0 Å². The second-order valence-corrected chi connectivity index (χ2v) is 5.49. The molecule has 0 aliphatic carbocycles. The third-order valence-electron chi connectivity index (χ3n) is 3.56. The lowest BCUT2D eigenvalue weighted by Crippen LogP contribution is -2.32. The van der Waals surface area contributed by atoms with E-state index in [1.165, 1.54) is 0 Å². The van der Waals surface area contributed by atoms with Crippen LogP contribution in [0, 0.1) is 0 Å². The van der Waals surface area contributed by atoms with Gasteiger partial charge < -0.3 is 15.1 Å². The number of carbonyl (C=O) groups is 1. The first-order chi connectivity index (χ1) is 10.5. The molecule has 1 aromatic heterocycles. The van der Waals surface area contributed by atoms with E-state index in [9.17, 15) is 4.79 Å². The summed E-state index contributed by atoms with van der Waals surface area (Å²) in [5, 5.41) is 13.1. The molecule has 2 aromatic rings. The standard InChI is InChI=1S/C16H23N5O/c1-5-21(4)15-13-9-7-6-8-12(13)14(18-19-15)16(22)17-10-11-20(2)3/h6-9H,5,10-11H2,1-4H3,(H,17,22). The molecule has 0 unspecified atom stereocenters. The second-order valence-electron chi connectivity index (χ2n) is 5.49. The maximum atomic E-state index is 12.3. The van der Waals surface area contributed by atoms with Crippen LogP contribution in [0.2, 0.25) is 0 Å². The molecule has 1 amide bonds. The van der Waals surface area contributed by atoms with E-state index >= 15 is 0 Å². The van der Waals surface area contributed by atoms with Gasteiger partial charge in [0.2, 0.25) is 0 Å². The number of hydrogen-bond acceptors (Lipinski definition) is 5. The van der Waals surface area contributed by atoms with Crippen LogP contribution < -0.4 is 10.2 Å². The van der Waals surface area contributed by atoms with E-state index in [-0.39, 0.29) is 5.91 Å². The number of aromatic nitrogens is 2. The van der Waals surface area contributed by atoms with Gasteiger partial charge in [0.25, 0.3) is 5.91 Å². The van der Waals surface area contributed by atoms with Crippen molar-refractivity contribution in [1.82, 2.24) is 20.4 Å². The van der Waals surface area contributed by atoms with E-state index in [0.29, 0.717) is 12.2 Å². The molecule has 2 rings (SSSR count). The second kappa shape index (κ2) is 7.17. The zero-order chi connectivity index (χ0) is 16.1. The van der Waals surface area contributed by atoms with Crippen molar-refractivity contribution in [2.45, 2.75) is 6.92 Å². The number of rotatable bonds is 6. The number of nitrogens with zero attached hydrogens (tertiary/aromatic N) is 4. The lowest BCUT2D eigenvalue weighted by atomic mass is 10.1. The molecule has 6 heteroatoms. The molecule has 0 spiro atoms. The Bertz CT molecular complexity index is 656. The van der Waals surface area contributed by atoms with Gasteiger partial charge in [0.1, 0.15) is 0 Å². The molecule has 0 aliphatic rings. The van der Waals surface area contributed by atoms with Crippen LogP contribution in [-0.4, -0.2) is 61.8 Å². The van der Waals surface area contributed by atoms with Crippen molar-refractivity contribution in [3.8, 4) is 0 Å². The number of hydrogen-bond donors (Lipinski definition) is 1. The van der Waals surface area contributed by atoms with Crippen LogP contribution in [-0.2, 0) is 0 Å². The smallest absolute Gasteiger partial charge is 0.272 e. The molecule has 0 atom stereocenters. The number of amides is 1. The average Bonchev–Trinajstić information content (AvgIpc) is 2.52. The van der Waals surface area contributed by atoms with Crippen molar-refractivity contribution in [2.24, 2.45) is 0 Å². The van der Waals surface area contributed by atoms with E-state index in [1.807, 2.05) is 55.2 Å². The molecule has 118 valence electrons. The minimum absolute atomic E-state index is 0.184. The molecule has 0 radical (unpaired) electrons. The summed E-state index contributed by atoms with van der Waals surface area (Å²) >= 11 is 0. The Labute approximate surface area is 131 Å². The fourth-order valence-electron chi connectivity index (χ4n) is 2.17. The molecule has 1 heterocycles. The van der Waals surface area contributed by atoms with Crippen LogP contribution in [0.5, 0.6) is 0 Å². The zero-order valence-electron chi connectivity index (χ0n) is 13.6. The Balaban J connectivity index is 2.33. The van der Waals surface area contributed by atoms with Crippen LogP contribution >= 0.6 is 0 Å². The van der Waals surface area contributed by atoms with Gasteiger partial charge >= 0.3 is 0 Å². The van der Waals surface area contributed by atoms with Crippen molar-refractivity contribution in [3.63, 3.8) is 0 Å². The molecule has 0 saturated heterocycles. The molecule has 1 N–H and O–H groups in total. The zero-order valence-corrected chi connectivity index (χ0v) is 13.6. The maximum absolute atomic E-state index is 12.3. The van der Waals surface area contributed by atoms with Crippen molar-refractivity contribution in [1.29, 1.82) is 0 Å². The van der Waals surface area contributed by atoms with Crippen LogP contribution in [0.4, 0.5) is 5.82 Å². The number of likely N-dealkylation sites (N-methyl/N-ethyl adjacent to an activating group) is 1. The molecule has 0 aliphatic heterocycles. The Morgan fingerprint density at radius 2 is 1.82 bits per heavy atom. The van der Waals surface area contributed by atoms with Gasteiger partial charge in [0.15, 0.2) is 11.5 Å². The van der Waals surface area contributed by atoms with Gasteiger partial charge in [-0.2, -0.15) is 0 Å².